The van der Waals surface area contributed by atoms with E-state index in [2.05, 4.69) is 10.3 Å². The standard InChI is InChI=1S/C18H20N2O3/c21-18(15-8-10-22-12-15)20-11-14-4-6-17(7-5-14)23-13-16-3-1-2-9-19-16/h1-7,9,15H,8,10-13H2,(H,20,21). The lowest BCUT2D eigenvalue weighted by Crippen LogP contribution is -2.30. The molecule has 120 valence electrons. The number of carbonyl (C=O) groups excluding carboxylic acids is 1. The molecule has 0 bridgehead atoms. The Morgan fingerprint density at radius 3 is 2.83 bits per heavy atom. The quantitative estimate of drug-likeness (QED) is 0.889. The van der Waals surface area contributed by atoms with Crippen LogP contribution >= 0.6 is 0 Å². The minimum absolute atomic E-state index is 0.00372. The van der Waals surface area contributed by atoms with Gasteiger partial charge in [-0.1, -0.05) is 18.2 Å². The van der Waals surface area contributed by atoms with Gasteiger partial charge < -0.3 is 14.8 Å². The number of pyridine rings is 1. The van der Waals surface area contributed by atoms with E-state index in [1.165, 1.54) is 0 Å². The second kappa shape index (κ2) is 7.74. The molecular weight excluding hydrogens is 292 g/mol. The van der Waals surface area contributed by atoms with E-state index in [1.807, 2.05) is 42.5 Å². The molecule has 0 spiro atoms. The molecule has 1 unspecified atom stereocenters. The van der Waals surface area contributed by atoms with E-state index in [4.69, 9.17) is 9.47 Å². The first-order valence-corrected chi connectivity index (χ1v) is 7.78. The summed E-state index contributed by atoms with van der Waals surface area (Å²) in [5.74, 6) is 0.851. The zero-order valence-electron chi connectivity index (χ0n) is 12.9. The van der Waals surface area contributed by atoms with Crippen LogP contribution in [0.1, 0.15) is 17.7 Å². The van der Waals surface area contributed by atoms with Gasteiger partial charge in [-0.25, -0.2) is 0 Å². The van der Waals surface area contributed by atoms with E-state index in [0.717, 1.165) is 23.4 Å². The van der Waals surface area contributed by atoms with Crippen molar-refractivity contribution in [2.24, 2.45) is 5.92 Å². The fourth-order valence-corrected chi connectivity index (χ4v) is 2.42. The van der Waals surface area contributed by atoms with Gasteiger partial charge in [0.2, 0.25) is 5.91 Å². The number of nitrogens with zero attached hydrogens (tertiary/aromatic N) is 1. The average molecular weight is 312 g/mol. The molecule has 0 aliphatic carbocycles. The highest BCUT2D eigenvalue weighted by atomic mass is 16.5. The van der Waals surface area contributed by atoms with Gasteiger partial charge in [0.15, 0.2) is 0 Å². The van der Waals surface area contributed by atoms with Crippen LogP contribution in [0.5, 0.6) is 5.75 Å². The third-order valence-corrected chi connectivity index (χ3v) is 3.80. The molecule has 0 saturated carbocycles. The maximum atomic E-state index is 11.9. The molecule has 0 radical (unpaired) electrons. The Kier molecular flexibility index (Phi) is 5.21. The highest BCUT2D eigenvalue weighted by molar-refractivity contribution is 5.78. The van der Waals surface area contributed by atoms with Crippen LogP contribution in [0.3, 0.4) is 0 Å². The first-order chi connectivity index (χ1) is 11.3. The number of rotatable bonds is 6. The van der Waals surface area contributed by atoms with Crippen LogP contribution in [0.25, 0.3) is 0 Å². The second-order valence-electron chi connectivity index (χ2n) is 5.53. The number of carbonyl (C=O) groups is 1. The van der Waals surface area contributed by atoms with Gasteiger partial charge in [-0.05, 0) is 36.2 Å². The Hall–Kier alpha value is -2.40. The van der Waals surface area contributed by atoms with Crippen molar-refractivity contribution in [3.8, 4) is 5.75 Å². The summed E-state index contributed by atoms with van der Waals surface area (Å²) in [6.07, 6.45) is 2.56. The number of aromatic nitrogens is 1. The van der Waals surface area contributed by atoms with E-state index in [-0.39, 0.29) is 11.8 Å². The molecular formula is C18H20N2O3. The summed E-state index contributed by atoms with van der Waals surface area (Å²) in [6.45, 7) is 2.18. The zero-order valence-corrected chi connectivity index (χ0v) is 12.9. The number of hydrogen-bond donors (Lipinski definition) is 1. The molecule has 1 N–H and O–H groups in total. The van der Waals surface area contributed by atoms with Crippen LogP contribution in [-0.4, -0.2) is 24.1 Å². The highest BCUT2D eigenvalue weighted by Crippen LogP contribution is 2.15. The predicted octanol–water partition coefficient (Wildman–Crippen LogP) is 2.31. The molecule has 1 atom stereocenters. The molecule has 1 aromatic carbocycles. The Balaban J connectivity index is 1.46. The zero-order chi connectivity index (χ0) is 15.9. The highest BCUT2D eigenvalue weighted by Gasteiger charge is 2.22. The number of amides is 1. The van der Waals surface area contributed by atoms with Crippen LogP contribution in [0.15, 0.2) is 48.7 Å². The average Bonchev–Trinajstić information content (AvgIpc) is 3.14. The minimum atomic E-state index is -0.00372. The van der Waals surface area contributed by atoms with Crippen LogP contribution in [0, 0.1) is 5.92 Å². The summed E-state index contributed by atoms with van der Waals surface area (Å²) < 4.78 is 10.9. The number of hydrogen-bond acceptors (Lipinski definition) is 4. The maximum absolute atomic E-state index is 11.9. The Morgan fingerprint density at radius 2 is 2.13 bits per heavy atom. The third kappa shape index (κ3) is 4.53. The Bertz CT molecular complexity index is 622. The summed E-state index contributed by atoms with van der Waals surface area (Å²) in [5.41, 5.74) is 1.94. The fraction of sp³-hybridized carbons (Fsp3) is 0.333. The summed E-state index contributed by atoms with van der Waals surface area (Å²) in [7, 11) is 0. The Labute approximate surface area is 135 Å². The molecule has 1 amide bonds. The van der Waals surface area contributed by atoms with Crippen LogP contribution < -0.4 is 10.1 Å². The van der Waals surface area contributed by atoms with Crippen LogP contribution in [0.4, 0.5) is 0 Å². The molecule has 1 fully saturated rings. The molecule has 2 heterocycles. The van der Waals surface area contributed by atoms with Crippen molar-refractivity contribution in [3.63, 3.8) is 0 Å². The van der Waals surface area contributed by atoms with Gasteiger partial charge in [-0.15, -0.1) is 0 Å². The molecule has 23 heavy (non-hydrogen) atoms. The van der Waals surface area contributed by atoms with Gasteiger partial charge in [0.1, 0.15) is 12.4 Å². The largest absolute Gasteiger partial charge is 0.487 e. The van der Waals surface area contributed by atoms with Crippen molar-refractivity contribution in [1.29, 1.82) is 0 Å². The minimum Gasteiger partial charge on any atom is -0.487 e. The van der Waals surface area contributed by atoms with E-state index in [1.54, 1.807) is 6.20 Å². The SMILES string of the molecule is O=C(NCc1ccc(OCc2ccccn2)cc1)C1CCOC1. The number of nitrogens with one attached hydrogen (secondary N) is 1. The topological polar surface area (TPSA) is 60.5 Å². The van der Waals surface area contributed by atoms with Crippen molar-refractivity contribution in [3.05, 3.63) is 59.9 Å². The summed E-state index contributed by atoms with van der Waals surface area (Å²) in [4.78, 5) is 16.1. The van der Waals surface area contributed by atoms with E-state index >= 15 is 0 Å². The molecule has 5 nitrogen and oxygen atoms in total. The summed E-state index contributed by atoms with van der Waals surface area (Å²) in [5, 5.41) is 2.95. The Morgan fingerprint density at radius 1 is 1.26 bits per heavy atom. The van der Waals surface area contributed by atoms with E-state index < -0.39 is 0 Å². The van der Waals surface area contributed by atoms with Crippen molar-refractivity contribution in [2.75, 3.05) is 13.2 Å². The van der Waals surface area contributed by atoms with Gasteiger partial charge in [-0.3, -0.25) is 9.78 Å². The molecule has 3 rings (SSSR count). The third-order valence-electron chi connectivity index (χ3n) is 3.80. The van der Waals surface area contributed by atoms with Crippen LogP contribution in [0.2, 0.25) is 0 Å². The number of benzene rings is 1. The van der Waals surface area contributed by atoms with Crippen molar-refractivity contribution < 1.29 is 14.3 Å². The molecule has 1 aliphatic rings. The van der Waals surface area contributed by atoms with Crippen molar-refractivity contribution in [1.82, 2.24) is 10.3 Å². The van der Waals surface area contributed by atoms with Gasteiger partial charge in [0.05, 0.1) is 18.2 Å². The predicted molar refractivity (Wildman–Crippen MR) is 85.8 cm³/mol. The molecule has 1 aliphatic heterocycles. The van der Waals surface area contributed by atoms with Gasteiger partial charge in [0, 0.05) is 19.3 Å². The first kappa shape index (κ1) is 15.5. The lowest BCUT2D eigenvalue weighted by molar-refractivity contribution is -0.125. The molecule has 1 saturated heterocycles. The van der Waals surface area contributed by atoms with Crippen molar-refractivity contribution >= 4 is 5.91 Å². The summed E-state index contributed by atoms with van der Waals surface area (Å²) >= 11 is 0. The molecule has 1 aromatic heterocycles. The van der Waals surface area contributed by atoms with Crippen molar-refractivity contribution in [2.45, 2.75) is 19.6 Å². The molecule has 5 heteroatoms. The van der Waals surface area contributed by atoms with Gasteiger partial charge >= 0.3 is 0 Å². The first-order valence-electron chi connectivity index (χ1n) is 7.78. The normalized spacial score (nSPS) is 17.0. The van der Waals surface area contributed by atoms with E-state index in [0.29, 0.717) is 26.4 Å². The van der Waals surface area contributed by atoms with Gasteiger partial charge in [0.25, 0.3) is 0 Å². The smallest absolute Gasteiger partial charge is 0.225 e. The lowest BCUT2D eigenvalue weighted by Gasteiger charge is -2.10. The maximum Gasteiger partial charge on any atom is 0.225 e. The van der Waals surface area contributed by atoms with Crippen LogP contribution in [-0.2, 0) is 22.7 Å². The summed E-state index contributed by atoms with van der Waals surface area (Å²) in [6, 6.07) is 13.5. The lowest BCUT2D eigenvalue weighted by atomic mass is 10.1. The van der Waals surface area contributed by atoms with E-state index in [9.17, 15) is 4.79 Å². The monoisotopic (exact) mass is 312 g/mol. The number of ether oxygens (including phenoxy) is 2. The second-order valence-corrected chi connectivity index (χ2v) is 5.53. The fourth-order valence-electron chi connectivity index (χ4n) is 2.42. The molecule has 2 aromatic rings. The van der Waals surface area contributed by atoms with Gasteiger partial charge in [-0.2, -0.15) is 0 Å².